The predicted molar refractivity (Wildman–Crippen MR) is 79.9 cm³/mol. The van der Waals surface area contributed by atoms with Crippen molar-refractivity contribution >= 4 is 0 Å². The lowest BCUT2D eigenvalue weighted by atomic mass is 9.96. The number of hydrogen-bond acceptors (Lipinski definition) is 4. The van der Waals surface area contributed by atoms with Gasteiger partial charge in [0.05, 0.1) is 20.3 Å². The van der Waals surface area contributed by atoms with Crippen molar-refractivity contribution in [2.75, 3.05) is 14.2 Å². The van der Waals surface area contributed by atoms with E-state index in [1.165, 1.54) is 0 Å². The van der Waals surface area contributed by atoms with E-state index in [0.717, 1.165) is 28.2 Å². The van der Waals surface area contributed by atoms with Gasteiger partial charge in [0, 0.05) is 11.1 Å². The Morgan fingerprint density at radius 3 is 2.25 bits per heavy atom. The average molecular weight is 272 g/mol. The van der Waals surface area contributed by atoms with Gasteiger partial charge in [-0.25, -0.2) is 5.43 Å². The number of aryl methyl sites for hydroxylation is 1. The summed E-state index contributed by atoms with van der Waals surface area (Å²) < 4.78 is 10.9. The number of rotatable bonds is 5. The van der Waals surface area contributed by atoms with Crippen LogP contribution in [0.2, 0.25) is 0 Å². The van der Waals surface area contributed by atoms with E-state index in [-0.39, 0.29) is 6.04 Å². The predicted octanol–water partition coefficient (Wildman–Crippen LogP) is 2.56. The number of para-hydroxylation sites is 1. The second-order valence-electron chi connectivity index (χ2n) is 4.59. The second kappa shape index (κ2) is 6.41. The summed E-state index contributed by atoms with van der Waals surface area (Å²) in [6.45, 7) is 2.03. The van der Waals surface area contributed by atoms with Crippen LogP contribution in [0.25, 0.3) is 0 Å². The molecule has 0 saturated carbocycles. The molecule has 1 unspecified atom stereocenters. The van der Waals surface area contributed by atoms with Crippen molar-refractivity contribution in [3.05, 3.63) is 59.2 Å². The molecule has 0 fully saturated rings. The highest BCUT2D eigenvalue weighted by atomic mass is 16.5. The highest BCUT2D eigenvalue weighted by Gasteiger charge is 2.20. The second-order valence-corrected chi connectivity index (χ2v) is 4.59. The number of benzene rings is 2. The molecule has 0 radical (unpaired) electrons. The summed E-state index contributed by atoms with van der Waals surface area (Å²) in [5, 5.41) is 0. The van der Waals surface area contributed by atoms with Crippen molar-refractivity contribution in [1.29, 1.82) is 0 Å². The van der Waals surface area contributed by atoms with Crippen molar-refractivity contribution < 1.29 is 9.47 Å². The van der Waals surface area contributed by atoms with Gasteiger partial charge in [-0.2, -0.15) is 0 Å². The summed E-state index contributed by atoms with van der Waals surface area (Å²) in [4.78, 5) is 0. The van der Waals surface area contributed by atoms with Gasteiger partial charge in [-0.3, -0.25) is 5.84 Å². The fraction of sp³-hybridized carbons (Fsp3) is 0.250. The largest absolute Gasteiger partial charge is 0.496 e. The van der Waals surface area contributed by atoms with Crippen LogP contribution in [0, 0.1) is 6.92 Å². The van der Waals surface area contributed by atoms with E-state index >= 15 is 0 Å². The van der Waals surface area contributed by atoms with Gasteiger partial charge in [0.2, 0.25) is 0 Å². The molecule has 0 aromatic heterocycles. The SMILES string of the molecule is COc1ccccc1C(NN)c1ccc(C)cc1OC. The Hall–Kier alpha value is -2.04. The molecule has 0 spiro atoms. The fourth-order valence-electron chi connectivity index (χ4n) is 2.31. The topological polar surface area (TPSA) is 56.5 Å². The number of ether oxygens (including phenoxy) is 2. The molecule has 0 aliphatic rings. The highest BCUT2D eigenvalue weighted by Crippen LogP contribution is 2.34. The molecule has 106 valence electrons. The number of hydrazine groups is 1. The smallest absolute Gasteiger partial charge is 0.124 e. The molecular weight excluding hydrogens is 252 g/mol. The summed E-state index contributed by atoms with van der Waals surface area (Å²) >= 11 is 0. The molecule has 4 nitrogen and oxygen atoms in total. The number of nitrogens with two attached hydrogens (primary N) is 1. The third kappa shape index (κ3) is 2.76. The minimum absolute atomic E-state index is 0.193. The van der Waals surface area contributed by atoms with Crippen molar-refractivity contribution in [2.24, 2.45) is 5.84 Å². The Labute approximate surface area is 119 Å². The summed E-state index contributed by atoms with van der Waals surface area (Å²) in [5.74, 6) is 7.36. The van der Waals surface area contributed by atoms with Gasteiger partial charge >= 0.3 is 0 Å². The quantitative estimate of drug-likeness (QED) is 0.649. The highest BCUT2D eigenvalue weighted by molar-refractivity contribution is 5.47. The molecule has 0 bridgehead atoms. The van der Waals surface area contributed by atoms with Crippen molar-refractivity contribution in [3.8, 4) is 11.5 Å². The van der Waals surface area contributed by atoms with Crippen LogP contribution in [0.3, 0.4) is 0 Å². The molecule has 0 aliphatic carbocycles. The first kappa shape index (κ1) is 14.4. The maximum Gasteiger partial charge on any atom is 0.124 e. The molecule has 20 heavy (non-hydrogen) atoms. The molecule has 0 amide bonds. The van der Waals surface area contributed by atoms with Crippen molar-refractivity contribution in [3.63, 3.8) is 0 Å². The lowest BCUT2D eigenvalue weighted by Crippen LogP contribution is -2.29. The van der Waals surface area contributed by atoms with Gasteiger partial charge in [0.15, 0.2) is 0 Å². The van der Waals surface area contributed by atoms with Crippen LogP contribution >= 0.6 is 0 Å². The minimum Gasteiger partial charge on any atom is -0.496 e. The van der Waals surface area contributed by atoms with Crippen LogP contribution in [-0.2, 0) is 0 Å². The molecule has 1 atom stereocenters. The van der Waals surface area contributed by atoms with Crippen LogP contribution in [0.5, 0.6) is 11.5 Å². The van der Waals surface area contributed by atoms with E-state index in [2.05, 4.69) is 5.43 Å². The van der Waals surface area contributed by atoms with Gasteiger partial charge in [-0.15, -0.1) is 0 Å². The van der Waals surface area contributed by atoms with Crippen molar-refractivity contribution in [2.45, 2.75) is 13.0 Å². The Kier molecular flexibility index (Phi) is 4.61. The number of hydrogen-bond donors (Lipinski definition) is 2. The van der Waals surface area contributed by atoms with Gasteiger partial charge < -0.3 is 9.47 Å². The zero-order chi connectivity index (χ0) is 14.5. The Balaban J connectivity index is 2.52. The zero-order valence-corrected chi connectivity index (χ0v) is 12.0. The average Bonchev–Trinajstić information content (AvgIpc) is 2.49. The maximum absolute atomic E-state index is 5.76. The number of methoxy groups -OCH3 is 2. The molecule has 4 heteroatoms. The van der Waals surface area contributed by atoms with E-state index in [0.29, 0.717) is 0 Å². The van der Waals surface area contributed by atoms with E-state index in [9.17, 15) is 0 Å². The first-order chi connectivity index (χ1) is 9.71. The summed E-state index contributed by atoms with van der Waals surface area (Å²) in [5.41, 5.74) is 5.93. The lowest BCUT2D eigenvalue weighted by molar-refractivity contribution is 0.394. The standard InChI is InChI=1S/C16H20N2O2/c1-11-8-9-13(15(10-11)20-3)16(18-17)12-6-4-5-7-14(12)19-2/h4-10,16,18H,17H2,1-3H3. The molecular formula is C16H20N2O2. The minimum atomic E-state index is -0.193. The molecule has 0 saturated heterocycles. The van der Waals surface area contributed by atoms with Crippen LogP contribution in [0.15, 0.2) is 42.5 Å². The third-order valence-electron chi connectivity index (χ3n) is 3.32. The Morgan fingerprint density at radius 2 is 1.60 bits per heavy atom. The van der Waals surface area contributed by atoms with Gasteiger partial charge in [-0.1, -0.05) is 30.3 Å². The summed E-state index contributed by atoms with van der Waals surface area (Å²) in [6, 6.07) is 13.7. The molecule has 3 N–H and O–H groups in total. The third-order valence-corrected chi connectivity index (χ3v) is 3.32. The molecule has 2 aromatic rings. The number of nitrogens with one attached hydrogen (secondary N) is 1. The Bertz CT molecular complexity index is 584. The van der Waals surface area contributed by atoms with Gasteiger partial charge in [-0.05, 0) is 24.6 Å². The fourth-order valence-corrected chi connectivity index (χ4v) is 2.31. The van der Waals surface area contributed by atoms with Crippen LogP contribution in [-0.4, -0.2) is 14.2 Å². The van der Waals surface area contributed by atoms with Crippen molar-refractivity contribution in [1.82, 2.24) is 5.43 Å². The van der Waals surface area contributed by atoms with Crippen LogP contribution < -0.4 is 20.7 Å². The van der Waals surface area contributed by atoms with Crippen LogP contribution in [0.4, 0.5) is 0 Å². The van der Waals surface area contributed by atoms with E-state index < -0.39 is 0 Å². The normalized spacial score (nSPS) is 12.0. The maximum atomic E-state index is 5.76. The van der Waals surface area contributed by atoms with E-state index in [4.69, 9.17) is 15.3 Å². The van der Waals surface area contributed by atoms with E-state index in [1.54, 1.807) is 14.2 Å². The van der Waals surface area contributed by atoms with E-state index in [1.807, 2.05) is 49.4 Å². The Morgan fingerprint density at radius 1 is 0.950 bits per heavy atom. The summed E-state index contributed by atoms with van der Waals surface area (Å²) in [6.07, 6.45) is 0. The first-order valence-electron chi connectivity index (χ1n) is 6.44. The molecule has 0 aliphatic heterocycles. The first-order valence-corrected chi connectivity index (χ1v) is 6.44. The molecule has 2 aromatic carbocycles. The molecule has 2 rings (SSSR count). The summed E-state index contributed by atoms with van der Waals surface area (Å²) in [7, 11) is 3.31. The monoisotopic (exact) mass is 272 g/mol. The molecule has 0 heterocycles. The van der Waals surface area contributed by atoms with Gasteiger partial charge in [0.1, 0.15) is 11.5 Å². The zero-order valence-electron chi connectivity index (χ0n) is 12.0. The van der Waals surface area contributed by atoms with Crippen LogP contribution in [0.1, 0.15) is 22.7 Å². The lowest BCUT2D eigenvalue weighted by Gasteiger charge is -2.21. The van der Waals surface area contributed by atoms with Gasteiger partial charge in [0.25, 0.3) is 0 Å².